The molecular formula is C14H7F5N2O. The Morgan fingerprint density at radius 3 is 2.14 bits per heavy atom. The predicted octanol–water partition coefficient (Wildman–Crippen LogP) is 3.52. The second kappa shape index (κ2) is 5.26. The van der Waals surface area contributed by atoms with E-state index in [1.165, 1.54) is 13.0 Å². The Balaban J connectivity index is 2.77. The molecule has 0 spiro atoms. The Morgan fingerprint density at radius 1 is 1.14 bits per heavy atom. The van der Waals surface area contributed by atoms with Crippen molar-refractivity contribution in [3.05, 3.63) is 57.0 Å². The number of pyridine rings is 1. The van der Waals surface area contributed by atoms with Crippen LogP contribution < -0.4 is 5.56 Å². The number of aryl methyl sites for hydroxylation is 1. The van der Waals surface area contributed by atoms with Crippen molar-refractivity contribution in [3.63, 3.8) is 0 Å². The number of hydrogen-bond donors (Lipinski definition) is 1. The molecule has 8 heteroatoms. The molecule has 0 aliphatic carbocycles. The van der Waals surface area contributed by atoms with Crippen molar-refractivity contribution in [2.24, 2.45) is 0 Å². The molecule has 0 atom stereocenters. The van der Waals surface area contributed by atoms with E-state index >= 15 is 0 Å². The Labute approximate surface area is 120 Å². The number of hydrogen-bond acceptors (Lipinski definition) is 2. The van der Waals surface area contributed by atoms with E-state index < -0.39 is 34.5 Å². The number of nitrogens with one attached hydrogen (secondary N) is 1. The summed E-state index contributed by atoms with van der Waals surface area (Å²) in [5.74, 6) is -3.63. The predicted molar refractivity (Wildman–Crippen MR) is 66.9 cm³/mol. The molecule has 0 aliphatic heterocycles. The van der Waals surface area contributed by atoms with Crippen LogP contribution in [-0.2, 0) is 6.18 Å². The van der Waals surface area contributed by atoms with Crippen LogP contribution in [0.4, 0.5) is 22.0 Å². The lowest BCUT2D eigenvalue weighted by Gasteiger charge is -2.12. The van der Waals surface area contributed by atoms with Crippen LogP contribution in [0.25, 0.3) is 11.1 Å². The lowest BCUT2D eigenvalue weighted by atomic mass is 9.99. The van der Waals surface area contributed by atoms with Crippen LogP contribution in [0.3, 0.4) is 0 Å². The number of aromatic amines is 1. The molecule has 0 amide bonds. The van der Waals surface area contributed by atoms with Gasteiger partial charge >= 0.3 is 6.18 Å². The zero-order valence-electron chi connectivity index (χ0n) is 11.0. The van der Waals surface area contributed by atoms with Gasteiger partial charge in [0, 0.05) is 11.3 Å². The fourth-order valence-corrected chi connectivity index (χ4v) is 2.03. The molecule has 1 aromatic carbocycles. The van der Waals surface area contributed by atoms with Gasteiger partial charge in [-0.2, -0.15) is 18.4 Å². The van der Waals surface area contributed by atoms with Crippen LogP contribution in [0.2, 0.25) is 0 Å². The van der Waals surface area contributed by atoms with Gasteiger partial charge in [0.15, 0.2) is 0 Å². The molecule has 2 rings (SSSR count). The van der Waals surface area contributed by atoms with Crippen LogP contribution in [-0.4, -0.2) is 4.98 Å². The molecule has 0 radical (unpaired) electrons. The monoisotopic (exact) mass is 314 g/mol. The van der Waals surface area contributed by atoms with E-state index in [4.69, 9.17) is 5.26 Å². The molecule has 3 nitrogen and oxygen atoms in total. The molecule has 1 heterocycles. The second-order valence-corrected chi connectivity index (χ2v) is 4.49. The first-order chi connectivity index (χ1) is 10.1. The first kappa shape index (κ1) is 15.7. The van der Waals surface area contributed by atoms with E-state index in [1.54, 1.807) is 6.07 Å². The lowest BCUT2D eigenvalue weighted by molar-refractivity contribution is -0.142. The lowest BCUT2D eigenvalue weighted by Crippen LogP contribution is -2.14. The normalized spacial score (nSPS) is 11.3. The third kappa shape index (κ3) is 2.70. The van der Waals surface area contributed by atoms with E-state index in [0.717, 1.165) is 0 Å². The topological polar surface area (TPSA) is 56.6 Å². The van der Waals surface area contributed by atoms with Crippen LogP contribution in [0.15, 0.2) is 23.0 Å². The summed E-state index contributed by atoms with van der Waals surface area (Å²) in [6, 6.07) is 3.70. The van der Waals surface area contributed by atoms with Crippen LogP contribution in [0.5, 0.6) is 0 Å². The molecule has 0 saturated carbocycles. The highest BCUT2D eigenvalue weighted by Crippen LogP contribution is 2.36. The molecule has 0 bridgehead atoms. The Morgan fingerprint density at radius 2 is 1.68 bits per heavy atom. The van der Waals surface area contributed by atoms with Crippen molar-refractivity contribution in [2.75, 3.05) is 0 Å². The smallest absolute Gasteiger partial charge is 0.325 e. The minimum Gasteiger partial charge on any atom is -0.325 e. The summed E-state index contributed by atoms with van der Waals surface area (Å²) in [5.41, 5.74) is -3.43. The van der Waals surface area contributed by atoms with Crippen LogP contribution in [0.1, 0.15) is 16.8 Å². The van der Waals surface area contributed by atoms with E-state index in [1.807, 2.05) is 0 Å². The van der Waals surface area contributed by atoms with E-state index in [9.17, 15) is 26.7 Å². The SMILES string of the molecule is Cc1cc(-c2cc(F)c(C(F)(F)F)c(F)c2)c(C#N)c(=O)[nH]1. The Kier molecular flexibility index (Phi) is 3.75. The summed E-state index contributed by atoms with van der Waals surface area (Å²) >= 11 is 0. The summed E-state index contributed by atoms with van der Waals surface area (Å²) in [4.78, 5) is 13.9. The summed E-state index contributed by atoms with van der Waals surface area (Å²) in [6.45, 7) is 1.46. The standard InChI is InChI=1S/C14H7F5N2O/c1-6-2-8(9(5-20)13(22)21-6)7-3-10(15)12(11(16)4-7)14(17,18)19/h2-4H,1H3,(H,21,22). The van der Waals surface area contributed by atoms with Gasteiger partial charge in [0.25, 0.3) is 5.56 Å². The second-order valence-electron chi connectivity index (χ2n) is 4.49. The molecule has 0 aliphatic rings. The van der Waals surface area contributed by atoms with E-state index in [-0.39, 0.29) is 11.1 Å². The molecule has 2 aromatic rings. The first-order valence-corrected chi connectivity index (χ1v) is 5.85. The van der Waals surface area contributed by atoms with E-state index in [2.05, 4.69) is 4.98 Å². The van der Waals surface area contributed by atoms with Crippen LogP contribution >= 0.6 is 0 Å². The maximum absolute atomic E-state index is 13.6. The van der Waals surface area contributed by atoms with Gasteiger partial charge < -0.3 is 4.98 Å². The highest BCUT2D eigenvalue weighted by atomic mass is 19.4. The minimum atomic E-state index is -5.19. The number of halogens is 5. The fourth-order valence-electron chi connectivity index (χ4n) is 2.03. The van der Waals surface area contributed by atoms with Gasteiger partial charge in [0.2, 0.25) is 0 Å². The third-order valence-electron chi connectivity index (χ3n) is 2.92. The molecule has 114 valence electrons. The number of nitriles is 1. The van der Waals surface area contributed by atoms with Gasteiger partial charge in [-0.3, -0.25) is 4.79 Å². The Bertz CT molecular complexity index is 823. The summed E-state index contributed by atoms with van der Waals surface area (Å²) in [6.07, 6.45) is -5.19. The zero-order valence-corrected chi connectivity index (χ0v) is 11.0. The van der Waals surface area contributed by atoms with Gasteiger partial charge in [-0.15, -0.1) is 0 Å². The maximum Gasteiger partial charge on any atom is 0.422 e. The third-order valence-corrected chi connectivity index (χ3v) is 2.92. The molecule has 0 saturated heterocycles. The number of rotatable bonds is 1. The average Bonchev–Trinajstić information content (AvgIpc) is 2.35. The molecule has 0 unspecified atom stereocenters. The number of H-pyrrole nitrogens is 1. The molecule has 22 heavy (non-hydrogen) atoms. The highest BCUT2D eigenvalue weighted by Gasteiger charge is 2.38. The number of aromatic nitrogens is 1. The van der Waals surface area contributed by atoms with Crippen molar-refractivity contribution in [3.8, 4) is 17.2 Å². The number of nitrogens with zero attached hydrogens (tertiary/aromatic N) is 1. The molecule has 0 fully saturated rings. The molecular weight excluding hydrogens is 307 g/mol. The van der Waals surface area contributed by atoms with E-state index in [0.29, 0.717) is 17.8 Å². The maximum atomic E-state index is 13.6. The van der Waals surface area contributed by atoms with Crippen molar-refractivity contribution in [1.29, 1.82) is 5.26 Å². The van der Waals surface area contributed by atoms with Crippen molar-refractivity contribution < 1.29 is 22.0 Å². The zero-order chi connectivity index (χ0) is 16.7. The largest absolute Gasteiger partial charge is 0.422 e. The van der Waals surface area contributed by atoms with Crippen molar-refractivity contribution in [2.45, 2.75) is 13.1 Å². The molecule has 1 aromatic heterocycles. The summed E-state index contributed by atoms with van der Waals surface area (Å²) in [7, 11) is 0. The highest BCUT2D eigenvalue weighted by molar-refractivity contribution is 5.70. The Hall–Kier alpha value is -2.69. The van der Waals surface area contributed by atoms with Crippen molar-refractivity contribution in [1.82, 2.24) is 4.98 Å². The average molecular weight is 314 g/mol. The fraction of sp³-hybridized carbons (Fsp3) is 0.143. The number of alkyl halides is 3. The van der Waals surface area contributed by atoms with Gasteiger partial charge in [0.1, 0.15) is 28.8 Å². The molecule has 1 N–H and O–H groups in total. The van der Waals surface area contributed by atoms with Gasteiger partial charge in [-0.25, -0.2) is 8.78 Å². The van der Waals surface area contributed by atoms with Gasteiger partial charge in [-0.05, 0) is 30.7 Å². The van der Waals surface area contributed by atoms with Crippen LogP contribution in [0, 0.1) is 29.9 Å². The summed E-state index contributed by atoms with van der Waals surface area (Å²) < 4.78 is 64.8. The van der Waals surface area contributed by atoms with Crippen molar-refractivity contribution >= 4 is 0 Å². The first-order valence-electron chi connectivity index (χ1n) is 5.85. The number of benzene rings is 1. The van der Waals surface area contributed by atoms with Gasteiger partial charge in [-0.1, -0.05) is 0 Å². The quantitative estimate of drug-likeness (QED) is 0.819. The van der Waals surface area contributed by atoms with Gasteiger partial charge in [0.05, 0.1) is 0 Å². The minimum absolute atomic E-state index is 0.143. The summed E-state index contributed by atoms with van der Waals surface area (Å²) in [5, 5.41) is 8.94.